The van der Waals surface area contributed by atoms with Crippen molar-refractivity contribution in [1.29, 1.82) is 0 Å². The molecular formula is C37H40N2O11. The van der Waals surface area contributed by atoms with Gasteiger partial charge in [-0.05, 0) is 37.6 Å². The number of amides is 1. The third kappa shape index (κ3) is 9.32. The molecule has 264 valence electrons. The molecule has 1 fully saturated rings. The van der Waals surface area contributed by atoms with Crippen molar-refractivity contribution in [2.75, 3.05) is 66.3 Å². The summed E-state index contributed by atoms with van der Waals surface area (Å²) in [4.78, 5) is 54.8. The molecule has 0 aliphatic carbocycles. The van der Waals surface area contributed by atoms with Gasteiger partial charge in [0.1, 0.15) is 28.2 Å². The molecule has 1 saturated heterocycles. The van der Waals surface area contributed by atoms with E-state index in [0.29, 0.717) is 37.5 Å². The number of piperazine rings is 1. The molecule has 4 aromatic rings. The quantitative estimate of drug-likeness (QED) is 0.166. The molecule has 1 aliphatic heterocycles. The maximum absolute atomic E-state index is 13.6. The van der Waals surface area contributed by atoms with E-state index in [0.717, 1.165) is 6.54 Å². The zero-order chi connectivity index (χ0) is 35.5. The molecule has 5 rings (SSSR count). The first-order valence-electron chi connectivity index (χ1n) is 16.3. The van der Waals surface area contributed by atoms with Crippen LogP contribution in [0.2, 0.25) is 0 Å². The number of nitrogens with zero attached hydrogens (tertiary/aromatic N) is 2. The molecule has 0 N–H and O–H groups in total. The number of rotatable bonds is 15. The van der Waals surface area contributed by atoms with Crippen LogP contribution in [0.5, 0.6) is 23.0 Å². The molecule has 1 aliphatic rings. The van der Waals surface area contributed by atoms with Crippen molar-refractivity contribution in [3.05, 3.63) is 82.5 Å². The van der Waals surface area contributed by atoms with Crippen LogP contribution in [0.15, 0.2) is 75.9 Å². The number of methoxy groups -OCH3 is 1. The minimum Gasteiger partial charge on any atom is -0.493 e. The second kappa shape index (κ2) is 17.2. The topological polar surface area (TPSA) is 143 Å². The van der Waals surface area contributed by atoms with E-state index in [1.807, 2.05) is 18.2 Å². The van der Waals surface area contributed by atoms with Crippen molar-refractivity contribution in [2.45, 2.75) is 20.4 Å². The largest absolute Gasteiger partial charge is 0.493 e. The Hall–Kier alpha value is -5.56. The van der Waals surface area contributed by atoms with Gasteiger partial charge in [-0.15, -0.1) is 0 Å². The minimum atomic E-state index is -0.583. The summed E-state index contributed by atoms with van der Waals surface area (Å²) in [5, 5.41) is 0.0880. The maximum atomic E-state index is 13.6. The normalized spacial score (nSPS) is 13.1. The molecule has 0 bridgehead atoms. The lowest BCUT2D eigenvalue weighted by molar-refractivity contribution is -0.146. The predicted octanol–water partition coefficient (Wildman–Crippen LogP) is 4.08. The second-order valence-electron chi connectivity index (χ2n) is 11.3. The van der Waals surface area contributed by atoms with Crippen LogP contribution >= 0.6 is 0 Å². The highest BCUT2D eigenvalue weighted by molar-refractivity contribution is 5.87. The van der Waals surface area contributed by atoms with E-state index >= 15 is 0 Å². The number of benzene rings is 3. The van der Waals surface area contributed by atoms with Gasteiger partial charge in [-0.1, -0.05) is 30.3 Å². The van der Waals surface area contributed by atoms with Gasteiger partial charge in [-0.25, -0.2) is 9.59 Å². The fraction of sp³-hybridized carbons (Fsp3) is 0.351. The lowest BCUT2D eigenvalue weighted by Crippen LogP contribution is -2.49. The van der Waals surface area contributed by atoms with Crippen LogP contribution in [0.4, 0.5) is 0 Å². The molecule has 13 nitrogen and oxygen atoms in total. The lowest BCUT2D eigenvalue weighted by Gasteiger charge is -2.34. The van der Waals surface area contributed by atoms with Crippen molar-refractivity contribution in [3.8, 4) is 34.3 Å². The molecule has 50 heavy (non-hydrogen) atoms. The fourth-order valence-corrected chi connectivity index (χ4v) is 5.42. The molecule has 0 unspecified atom stereocenters. The van der Waals surface area contributed by atoms with Crippen molar-refractivity contribution in [2.24, 2.45) is 0 Å². The first-order valence-corrected chi connectivity index (χ1v) is 16.3. The molecule has 1 amide bonds. The van der Waals surface area contributed by atoms with Gasteiger partial charge in [0.25, 0.3) is 5.91 Å². The number of carbonyl (C=O) groups is 3. The maximum Gasteiger partial charge on any atom is 0.344 e. The number of carbonyl (C=O) groups excluding carboxylic acids is 3. The van der Waals surface area contributed by atoms with Crippen LogP contribution in [-0.2, 0) is 30.4 Å². The third-order valence-corrected chi connectivity index (χ3v) is 7.85. The van der Waals surface area contributed by atoms with Crippen LogP contribution in [-0.4, -0.2) is 94.0 Å². The Labute approximate surface area is 289 Å². The van der Waals surface area contributed by atoms with Crippen LogP contribution in [0, 0.1) is 0 Å². The molecule has 3 aromatic carbocycles. The van der Waals surface area contributed by atoms with E-state index in [1.54, 1.807) is 36.9 Å². The summed E-state index contributed by atoms with van der Waals surface area (Å²) in [6.07, 6.45) is 0. The van der Waals surface area contributed by atoms with Gasteiger partial charge in [0.05, 0.1) is 20.3 Å². The third-order valence-electron chi connectivity index (χ3n) is 7.85. The summed E-state index contributed by atoms with van der Waals surface area (Å²) in [5.41, 5.74) is 1.31. The minimum absolute atomic E-state index is 0.0610. The first-order chi connectivity index (χ1) is 24.3. The first kappa shape index (κ1) is 35.7. The highest BCUT2D eigenvalue weighted by atomic mass is 16.6. The van der Waals surface area contributed by atoms with Crippen molar-refractivity contribution in [1.82, 2.24) is 9.80 Å². The molecule has 13 heteroatoms. The van der Waals surface area contributed by atoms with E-state index in [9.17, 15) is 19.2 Å². The molecule has 0 atom stereocenters. The molecule has 1 aromatic heterocycles. The zero-order valence-corrected chi connectivity index (χ0v) is 28.3. The summed E-state index contributed by atoms with van der Waals surface area (Å²) in [6, 6.07) is 19.2. The molecule has 2 heterocycles. The molecule has 0 radical (unpaired) electrons. The number of ether oxygens (including phenoxy) is 6. The predicted molar refractivity (Wildman–Crippen MR) is 183 cm³/mol. The Morgan fingerprint density at radius 2 is 1.42 bits per heavy atom. The van der Waals surface area contributed by atoms with Gasteiger partial charge < -0.3 is 37.7 Å². The van der Waals surface area contributed by atoms with E-state index in [1.165, 1.54) is 30.9 Å². The standard InChI is InChI=1S/C37H40N2O11/c1-4-45-35(42)23-47-27-18-32(48-22-34(41)39-15-13-38(14-16-39)21-25-9-7-6-8-10-25)37-28(40)20-30(50-33(37)19-27)26-11-12-29(44-3)31(17-26)49-24-36(43)46-5-2/h6-12,17-20H,4-5,13-16,21-24H2,1-3H3. The average Bonchev–Trinajstić information content (AvgIpc) is 3.12. The molecule has 0 spiro atoms. The molecule has 0 saturated carbocycles. The van der Waals surface area contributed by atoms with E-state index in [4.69, 9.17) is 32.8 Å². The van der Waals surface area contributed by atoms with Gasteiger partial charge in [-0.2, -0.15) is 0 Å². The highest BCUT2D eigenvalue weighted by Gasteiger charge is 2.23. The van der Waals surface area contributed by atoms with Crippen LogP contribution in [0.25, 0.3) is 22.3 Å². The Balaban J connectivity index is 1.37. The monoisotopic (exact) mass is 688 g/mol. The summed E-state index contributed by atoms with van der Waals surface area (Å²) in [5.74, 6) is -0.384. The second-order valence-corrected chi connectivity index (χ2v) is 11.3. The van der Waals surface area contributed by atoms with Crippen LogP contribution in [0.3, 0.4) is 0 Å². The van der Waals surface area contributed by atoms with Gasteiger partial charge in [-0.3, -0.25) is 14.5 Å². The Morgan fingerprint density at radius 3 is 2.10 bits per heavy atom. The molecular weight excluding hydrogens is 648 g/mol. The van der Waals surface area contributed by atoms with E-state index < -0.39 is 24.0 Å². The number of esters is 2. The number of hydrogen-bond acceptors (Lipinski definition) is 12. The average molecular weight is 689 g/mol. The Morgan fingerprint density at radius 1 is 0.740 bits per heavy atom. The Kier molecular flexibility index (Phi) is 12.3. The van der Waals surface area contributed by atoms with Gasteiger partial charge in [0.2, 0.25) is 0 Å². The van der Waals surface area contributed by atoms with Crippen molar-refractivity contribution >= 4 is 28.8 Å². The van der Waals surface area contributed by atoms with Crippen LogP contribution < -0.4 is 24.4 Å². The van der Waals surface area contributed by atoms with Crippen molar-refractivity contribution < 1.29 is 47.2 Å². The number of fused-ring (bicyclic) bond motifs is 1. The highest BCUT2D eigenvalue weighted by Crippen LogP contribution is 2.35. The fourth-order valence-electron chi connectivity index (χ4n) is 5.42. The van der Waals surface area contributed by atoms with Gasteiger partial charge in [0.15, 0.2) is 36.7 Å². The van der Waals surface area contributed by atoms with Crippen LogP contribution in [0.1, 0.15) is 19.4 Å². The van der Waals surface area contributed by atoms with Gasteiger partial charge >= 0.3 is 11.9 Å². The van der Waals surface area contributed by atoms with Gasteiger partial charge in [0, 0.05) is 56.5 Å². The van der Waals surface area contributed by atoms with E-state index in [2.05, 4.69) is 17.0 Å². The summed E-state index contributed by atoms with van der Waals surface area (Å²) in [7, 11) is 1.46. The summed E-state index contributed by atoms with van der Waals surface area (Å²) >= 11 is 0. The Bertz CT molecular complexity index is 1850. The summed E-state index contributed by atoms with van der Waals surface area (Å²) in [6.45, 7) is 6.02. The number of hydrogen-bond donors (Lipinski definition) is 0. The van der Waals surface area contributed by atoms with E-state index in [-0.39, 0.29) is 66.3 Å². The summed E-state index contributed by atoms with van der Waals surface area (Å²) < 4.78 is 38.7. The lowest BCUT2D eigenvalue weighted by atomic mass is 10.1. The SMILES string of the molecule is CCOC(=O)COc1cc(OCC(=O)N2CCN(Cc3ccccc3)CC2)c2c(=O)cc(-c3ccc(OC)c(OCC(=O)OCC)c3)oc2c1. The smallest absolute Gasteiger partial charge is 0.344 e. The van der Waals surface area contributed by atoms with Crippen molar-refractivity contribution in [3.63, 3.8) is 0 Å². The zero-order valence-electron chi connectivity index (χ0n) is 28.3.